The number of carbonyl (C=O) groups excluding carboxylic acids is 2. The summed E-state index contributed by atoms with van der Waals surface area (Å²) < 4.78 is 0. The molecule has 1 unspecified atom stereocenters. The van der Waals surface area contributed by atoms with Crippen molar-refractivity contribution in [3.05, 3.63) is 29.8 Å². The summed E-state index contributed by atoms with van der Waals surface area (Å²) in [5.41, 5.74) is 2.05. The second kappa shape index (κ2) is 7.22. The van der Waals surface area contributed by atoms with Gasteiger partial charge in [0, 0.05) is 38.2 Å². The minimum absolute atomic E-state index is 0.0272. The summed E-state index contributed by atoms with van der Waals surface area (Å²) in [7, 11) is 3.66. The van der Waals surface area contributed by atoms with E-state index in [-0.39, 0.29) is 17.7 Å². The van der Waals surface area contributed by atoms with Gasteiger partial charge < -0.3 is 15.5 Å². The van der Waals surface area contributed by atoms with Gasteiger partial charge in [0.15, 0.2) is 0 Å². The molecule has 0 radical (unpaired) electrons. The van der Waals surface area contributed by atoms with Crippen LogP contribution in [0.3, 0.4) is 0 Å². The van der Waals surface area contributed by atoms with Gasteiger partial charge in [-0.1, -0.05) is 18.2 Å². The van der Waals surface area contributed by atoms with Crippen LogP contribution in [-0.4, -0.2) is 43.9 Å². The maximum absolute atomic E-state index is 12.1. The molecule has 0 saturated heterocycles. The third-order valence-corrected chi connectivity index (χ3v) is 3.94. The van der Waals surface area contributed by atoms with Gasteiger partial charge in [-0.25, -0.2) is 0 Å². The summed E-state index contributed by atoms with van der Waals surface area (Å²) >= 11 is 0. The standard InChI is InChI=1S/C16H23N3O2/c1-17-9-10-19(2)15(20)8-7-13-11-12-5-3-4-6-14(12)18-16(13)21/h3-6,13,17H,7-11H2,1-2H3,(H,18,21). The molecule has 2 amide bonds. The maximum Gasteiger partial charge on any atom is 0.227 e. The predicted molar refractivity (Wildman–Crippen MR) is 83.1 cm³/mol. The number of fused-ring (bicyclic) bond motifs is 1. The Morgan fingerprint density at radius 2 is 2.19 bits per heavy atom. The van der Waals surface area contributed by atoms with Gasteiger partial charge in [-0.05, 0) is 31.5 Å². The molecule has 1 aromatic rings. The first-order valence-electron chi connectivity index (χ1n) is 7.39. The quantitative estimate of drug-likeness (QED) is 0.828. The Morgan fingerprint density at radius 1 is 1.43 bits per heavy atom. The number of para-hydroxylation sites is 1. The molecule has 21 heavy (non-hydrogen) atoms. The van der Waals surface area contributed by atoms with Crippen molar-refractivity contribution in [2.75, 3.05) is 32.5 Å². The maximum atomic E-state index is 12.1. The third kappa shape index (κ3) is 4.04. The van der Waals surface area contributed by atoms with E-state index in [0.717, 1.165) is 24.2 Å². The summed E-state index contributed by atoms with van der Waals surface area (Å²) in [6, 6.07) is 7.84. The van der Waals surface area contributed by atoms with Gasteiger partial charge in [0.25, 0.3) is 0 Å². The van der Waals surface area contributed by atoms with Crippen LogP contribution in [-0.2, 0) is 16.0 Å². The molecule has 1 aliphatic heterocycles. The van der Waals surface area contributed by atoms with E-state index >= 15 is 0 Å². The van der Waals surface area contributed by atoms with Gasteiger partial charge in [0.1, 0.15) is 0 Å². The van der Waals surface area contributed by atoms with Crippen molar-refractivity contribution in [1.29, 1.82) is 0 Å². The molecule has 0 aliphatic carbocycles. The minimum atomic E-state index is -0.110. The molecule has 1 aliphatic rings. The van der Waals surface area contributed by atoms with Gasteiger partial charge >= 0.3 is 0 Å². The molecule has 5 nitrogen and oxygen atoms in total. The average Bonchev–Trinajstić information content (AvgIpc) is 2.50. The number of hydrogen-bond acceptors (Lipinski definition) is 3. The smallest absolute Gasteiger partial charge is 0.227 e. The van der Waals surface area contributed by atoms with Gasteiger partial charge in [0.2, 0.25) is 11.8 Å². The fraction of sp³-hybridized carbons (Fsp3) is 0.500. The van der Waals surface area contributed by atoms with Crippen LogP contribution in [0.4, 0.5) is 5.69 Å². The highest BCUT2D eigenvalue weighted by Gasteiger charge is 2.26. The molecule has 2 rings (SSSR count). The van der Waals surface area contributed by atoms with Gasteiger partial charge in [0.05, 0.1) is 0 Å². The van der Waals surface area contributed by atoms with E-state index in [9.17, 15) is 9.59 Å². The normalized spacial score (nSPS) is 17.0. The number of nitrogens with zero attached hydrogens (tertiary/aromatic N) is 1. The van der Waals surface area contributed by atoms with E-state index in [1.807, 2.05) is 31.3 Å². The number of hydrogen-bond donors (Lipinski definition) is 2. The van der Waals surface area contributed by atoms with Crippen molar-refractivity contribution in [3.8, 4) is 0 Å². The van der Waals surface area contributed by atoms with Crippen LogP contribution in [0.1, 0.15) is 18.4 Å². The Labute approximate surface area is 125 Å². The van der Waals surface area contributed by atoms with E-state index in [0.29, 0.717) is 19.4 Å². The molecule has 0 saturated carbocycles. The highest BCUT2D eigenvalue weighted by Crippen LogP contribution is 2.27. The summed E-state index contributed by atoms with van der Waals surface area (Å²) in [5.74, 6) is 0.0119. The molecule has 0 spiro atoms. The van der Waals surface area contributed by atoms with Crippen molar-refractivity contribution in [2.45, 2.75) is 19.3 Å². The number of rotatable bonds is 6. The molecule has 2 N–H and O–H groups in total. The Kier molecular flexibility index (Phi) is 5.33. The van der Waals surface area contributed by atoms with Crippen LogP contribution in [0.5, 0.6) is 0 Å². The molecular weight excluding hydrogens is 266 g/mol. The van der Waals surface area contributed by atoms with Crippen molar-refractivity contribution in [3.63, 3.8) is 0 Å². The molecular formula is C16H23N3O2. The molecule has 0 fully saturated rings. The summed E-state index contributed by atoms with van der Waals surface area (Å²) in [4.78, 5) is 25.8. The lowest BCUT2D eigenvalue weighted by molar-refractivity contribution is -0.130. The summed E-state index contributed by atoms with van der Waals surface area (Å²) in [6.07, 6.45) is 1.73. The van der Waals surface area contributed by atoms with Gasteiger partial charge in [-0.3, -0.25) is 9.59 Å². The largest absolute Gasteiger partial charge is 0.344 e. The van der Waals surface area contributed by atoms with E-state index in [1.54, 1.807) is 11.9 Å². The lowest BCUT2D eigenvalue weighted by atomic mass is 9.89. The first-order valence-corrected chi connectivity index (χ1v) is 7.39. The summed E-state index contributed by atoms with van der Waals surface area (Å²) in [6.45, 7) is 1.47. The van der Waals surface area contributed by atoms with E-state index in [4.69, 9.17) is 0 Å². The zero-order valence-electron chi connectivity index (χ0n) is 12.7. The Morgan fingerprint density at radius 3 is 2.95 bits per heavy atom. The fourth-order valence-electron chi connectivity index (χ4n) is 2.54. The molecule has 0 aromatic heterocycles. The Hall–Kier alpha value is -1.88. The number of benzene rings is 1. The highest BCUT2D eigenvalue weighted by atomic mass is 16.2. The number of amides is 2. The predicted octanol–water partition coefficient (Wildman–Crippen LogP) is 1.26. The van der Waals surface area contributed by atoms with Crippen molar-refractivity contribution >= 4 is 17.5 Å². The van der Waals surface area contributed by atoms with Gasteiger partial charge in [-0.2, -0.15) is 0 Å². The van der Waals surface area contributed by atoms with Crippen molar-refractivity contribution in [2.24, 2.45) is 5.92 Å². The van der Waals surface area contributed by atoms with Crippen molar-refractivity contribution < 1.29 is 9.59 Å². The van der Waals surface area contributed by atoms with Crippen LogP contribution in [0.25, 0.3) is 0 Å². The van der Waals surface area contributed by atoms with Crippen LogP contribution >= 0.6 is 0 Å². The van der Waals surface area contributed by atoms with E-state index in [2.05, 4.69) is 10.6 Å². The number of anilines is 1. The number of nitrogens with one attached hydrogen (secondary N) is 2. The zero-order chi connectivity index (χ0) is 15.2. The van der Waals surface area contributed by atoms with Crippen LogP contribution in [0, 0.1) is 5.92 Å². The van der Waals surface area contributed by atoms with Crippen LogP contribution in [0.15, 0.2) is 24.3 Å². The Balaban J connectivity index is 1.86. The first-order chi connectivity index (χ1) is 10.1. The molecule has 1 heterocycles. The van der Waals surface area contributed by atoms with Crippen LogP contribution in [0.2, 0.25) is 0 Å². The van der Waals surface area contributed by atoms with E-state index in [1.165, 1.54) is 0 Å². The van der Waals surface area contributed by atoms with Crippen molar-refractivity contribution in [1.82, 2.24) is 10.2 Å². The summed E-state index contributed by atoms with van der Waals surface area (Å²) in [5, 5.41) is 5.94. The SMILES string of the molecule is CNCCN(C)C(=O)CCC1Cc2ccccc2NC1=O. The Bertz CT molecular complexity index is 516. The molecule has 114 valence electrons. The first kappa shape index (κ1) is 15.5. The topological polar surface area (TPSA) is 61.4 Å². The second-order valence-electron chi connectivity index (χ2n) is 5.50. The minimum Gasteiger partial charge on any atom is -0.344 e. The lowest BCUT2D eigenvalue weighted by Crippen LogP contribution is -2.34. The second-order valence-corrected chi connectivity index (χ2v) is 5.50. The fourth-order valence-corrected chi connectivity index (χ4v) is 2.54. The molecule has 5 heteroatoms. The van der Waals surface area contributed by atoms with E-state index < -0.39 is 0 Å². The number of likely N-dealkylation sites (N-methyl/N-ethyl adjacent to an activating group) is 2. The average molecular weight is 289 g/mol. The highest BCUT2D eigenvalue weighted by molar-refractivity contribution is 5.96. The molecule has 0 bridgehead atoms. The monoisotopic (exact) mass is 289 g/mol. The molecule has 1 aromatic carbocycles. The van der Waals surface area contributed by atoms with Gasteiger partial charge in [-0.15, -0.1) is 0 Å². The molecule has 1 atom stereocenters. The van der Waals surface area contributed by atoms with Crippen LogP contribution < -0.4 is 10.6 Å². The lowest BCUT2D eigenvalue weighted by Gasteiger charge is -2.25. The zero-order valence-corrected chi connectivity index (χ0v) is 12.7. The number of carbonyl (C=O) groups is 2. The third-order valence-electron chi connectivity index (χ3n) is 3.94.